The van der Waals surface area contributed by atoms with Crippen LogP contribution < -0.4 is 0 Å². The maximum absolute atomic E-state index is 13.0. The molecule has 0 aliphatic carbocycles. The van der Waals surface area contributed by atoms with Crippen molar-refractivity contribution in [2.24, 2.45) is 11.8 Å². The Labute approximate surface area is 568 Å². The molecule has 5 atom stereocenters. The lowest BCUT2D eigenvalue weighted by Gasteiger charge is -2.21. The number of aliphatic hydroxyl groups is 1. The summed E-state index contributed by atoms with van der Waals surface area (Å²) < 4.78 is 68.3. The van der Waals surface area contributed by atoms with E-state index in [0.29, 0.717) is 25.7 Å². The van der Waals surface area contributed by atoms with Gasteiger partial charge >= 0.3 is 39.5 Å². The minimum absolute atomic E-state index is 0.104. The zero-order valence-corrected chi connectivity index (χ0v) is 62.3. The molecule has 0 bridgehead atoms. The number of hydrogen-bond acceptors (Lipinski definition) is 15. The van der Waals surface area contributed by atoms with E-state index < -0.39 is 97.5 Å². The first kappa shape index (κ1) is 91.1. The van der Waals surface area contributed by atoms with Crippen molar-refractivity contribution < 1.29 is 80.2 Å². The molecule has 0 aliphatic rings. The Morgan fingerprint density at radius 1 is 0.290 bits per heavy atom. The van der Waals surface area contributed by atoms with E-state index in [1.807, 2.05) is 0 Å². The van der Waals surface area contributed by atoms with Crippen LogP contribution in [0.25, 0.3) is 0 Å². The van der Waals surface area contributed by atoms with Crippen LogP contribution in [0.4, 0.5) is 0 Å². The fourth-order valence-electron chi connectivity index (χ4n) is 11.3. The van der Waals surface area contributed by atoms with Gasteiger partial charge in [-0.05, 0) is 37.5 Å². The molecule has 0 fully saturated rings. The molecule has 2 unspecified atom stereocenters. The molecule has 17 nitrogen and oxygen atoms in total. The van der Waals surface area contributed by atoms with Crippen molar-refractivity contribution in [1.82, 2.24) is 0 Å². The van der Waals surface area contributed by atoms with Crippen molar-refractivity contribution in [1.29, 1.82) is 0 Å². The van der Waals surface area contributed by atoms with Crippen molar-refractivity contribution in [3.63, 3.8) is 0 Å². The molecule has 0 aromatic rings. The van der Waals surface area contributed by atoms with Gasteiger partial charge in [-0.15, -0.1) is 0 Å². The molecule has 19 heteroatoms. The Morgan fingerprint density at radius 3 is 0.731 bits per heavy atom. The van der Waals surface area contributed by atoms with E-state index in [2.05, 4.69) is 41.5 Å². The Bertz CT molecular complexity index is 1800. The van der Waals surface area contributed by atoms with Gasteiger partial charge in [0.05, 0.1) is 26.4 Å². The number of phosphoric ester groups is 2. The van der Waals surface area contributed by atoms with Gasteiger partial charge in [-0.25, -0.2) is 9.13 Å². The Hall–Kier alpha value is -1.94. The molecule has 3 N–H and O–H groups in total. The first-order chi connectivity index (χ1) is 44.9. The van der Waals surface area contributed by atoms with Gasteiger partial charge in [-0.3, -0.25) is 37.3 Å². The third-order valence-corrected chi connectivity index (χ3v) is 19.1. The predicted octanol–water partition coefficient (Wildman–Crippen LogP) is 21.6. The summed E-state index contributed by atoms with van der Waals surface area (Å²) >= 11 is 0. The Kier molecular flexibility index (Phi) is 64.6. The fourth-order valence-corrected chi connectivity index (χ4v) is 12.9. The van der Waals surface area contributed by atoms with Crippen LogP contribution in [-0.4, -0.2) is 96.7 Å². The SMILES string of the molecule is CCCCCCCCCCCCCCCCCCCCCCCCC(=O)O[C@H](COC(=O)CCCCCCCCCCC(C)C)COP(=O)(O)OC[C@@H](O)COP(=O)(O)OC[C@@H](COC(=O)CCCCCCCCCCC)OC(=O)CCCCCCCCCCC(C)C. The number of carbonyl (C=O) groups excluding carboxylic acids is 4. The molecule has 0 heterocycles. The molecule has 93 heavy (non-hydrogen) atoms. The normalized spacial score (nSPS) is 14.1. The third-order valence-electron chi connectivity index (χ3n) is 17.2. The van der Waals surface area contributed by atoms with Gasteiger partial charge in [0.25, 0.3) is 0 Å². The van der Waals surface area contributed by atoms with Gasteiger partial charge in [0.2, 0.25) is 0 Å². The molecule has 0 radical (unpaired) electrons. The molecule has 0 saturated carbocycles. The number of rotatable bonds is 73. The number of phosphoric acid groups is 2. The molecular weight excluding hydrogens is 1220 g/mol. The average molecular weight is 1370 g/mol. The third kappa shape index (κ3) is 68.4. The number of carbonyl (C=O) groups is 4. The van der Waals surface area contributed by atoms with Crippen LogP contribution in [0.15, 0.2) is 0 Å². The molecule has 552 valence electrons. The molecule has 0 saturated heterocycles. The summed E-state index contributed by atoms with van der Waals surface area (Å²) in [7, 11) is -9.90. The molecule has 0 rings (SSSR count). The molecular formula is C74H144O17P2. The highest BCUT2D eigenvalue weighted by molar-refractivity contribution is 7.47. The lowest BCUT2D eigenvalue weighted by molar-refractivity contribution is -0.161. The van der Waals surface area contributed by atoms with Crippen LogP contribution in [0, 0.1) is 11.8 Å². The van der Waals surface area contributed by atoms with E-state index in [4.69, 9.17) is 37.0 Å². The van der Waals surface area contributed by atoms with Crippen molar-refractivity contribution in [2.75, 3.05) is 39.6 Å². The summed E-state index contributed by atoms with van der Waals surface area (Å²) in [6.45, 7) is 9.48. The monoisotopic (exact) mass is 1370 g/mol. The maximum atomic E-state index is 13.0. The van der Waals surface area contributed by atoms with Gasteiger partial charge in [0, 0.05) is 25.7 Å². The first-order valence-electron chi connectivity index (χ1n) is 38.5. The van der Waals surface area contributed by atoms with Gasteiger partial charge < -0.3 is 33.8 Å². The standard InChI is InChI=1S/C74H144O17P2/c1-7-9-11-13-15-17-18-19-20-21-22-23-24-25-26-27-28-29-31-40-46-52-58-73(78)90-69(63-85-72(77)57-51-45-39-34-32-36-42-48-54-66(3)4)64-88-92(80,81)86-60-68(75)61-87-93(82,83)89-65-70(62-84-71(76)56-50-44-38-30-16-14-12-10-8-2)91-74(79)59-53-47-41-35-33-37-43-49-55-67(5)6/h66-70,75H,7-65H2,1-6H3,(H,80,81)(H,82,83)/t68-,69-,70-/m1/s1. The van der Waals surface area contributed by atoms with Gasteiger partial charge in [-0.2, -0.15) is 0 Å². The number of aliphatic hydroxyl groups excluding tert-OH is 1. The van der Waals surface area contributed by atoms with Crippen LogP contribution in [0.2, 0.25) is 0 Å². The van der Waals surface area contributed by atoms with E-state index >= 15 is 0 Å². The van der Waals surface area contributed by atoms with Gasteiger partial charge in [-0.1, -0.05) is 330 Å². The van der Waals surface area contributed by atoms with Gasteiger partial charge in [0.15, 0.2) is 12.2 Å². The maximum Gasteiger partial charge on any atom is 0.472 e. The number of ether oxygens (including phenoxy) is 4. The fraction of sp³-hybridized carbons (Fsp3) is 0.946. The Balaban J connectivity index is 5.14. The molecule has 0 aromatic heterocycles. The predicted molar refractivity (Wildman–Crippen MR) is 377 cm³/mol. The van der Waals surface area contributed by atoms with Crippen LogP contribution in [0.1, 0.15) is 382 Å². The second-order valence-corrected chi connectivity index (χ2v) is 30.5. The topological polar surface area (TPSA) is 237 Å². The smallest absolute Gasteiger partial charge is 0.462 e. The van der Waals surface area contributed by atoms with Crippen LogP contribution in [0.3, 0.4) is 0 Å². The average Bonchev–Trinajstić information content (AvgIpc) is 2.72. The van der Waals surface area contributed by atoms with Crippen LogP contribution in [-0.2, 0) is 65.4 Å². The quantitative estimate of drug-likeness (QED) is 0.0222. The van der Waals surface area contributed by atoms with Crippen molar-refractivity contribution in [3.05, 3.63) is 0 Å². The largest absolute Gasteiger partial charge is 0.472 e. The summed E-state index contributed by atoms with van der Waals surface area (Å²) in [5, 5.41) is 10.6. The van der Waals surface area contributed by atoms with Crippen LogP contribution in [0.5, 0.6) is 0 Å². The summed E-state index contributed by atoms with van der Waals surface area (Å²) in [6.07, 6.45) is 53.1. The highest BCUT2D eigenvalue weighted by atomic mass is 31.2. The van der Waals surface area contributed by atoms with E-state index in [9.17, 15) is 43.2 Å². The summed E-state index contributed by atoms with van der Waals surface area (Å²) in [5.74, 6) is -0.680. The number of unbranched alkanes of at least 4 members (excludes halogenated alkanes) is 43. The first-order valence-corrected chi connectivity index (χ1v) is 41.5. The zero-order valence-electron chi connectivity index (χ0n) is 60.6. The zero-order chi connectivity index (χ0) is 68.6. The number of esters is 4. The Morgan fingerprint density at radius 2 is 0.495 bits per heavy atom. The lowest BCUT2D eigenvalue weighted by atomic mass is 10.0. The summed E-state index contributed by atoms with van der Waals surface area (Å²) in [5.41, 5.74) is 0. The molecule has 0 amide bonds. The van der Waals surface area contributed by atoms with E-state index in [-0.39, 0.29) is 25.7 Å². The highest BCUT2D eigenvalue weighted by Gasteiger charge is 2.30. The molecule has 0 spiro atoms. The highest BCUT2D eigenvalue weighted by Crippen LogP contribution is 2.45. The second-order valence-electron chi connectivity index (χ2n) is 27.6. The summed E-state index contributed by atoms with van der Waals surface area (Å²) in [4.78, 5) is 72.6. The minimum Gasteiger partial charge on any atom is -0.462 e. The minimum atomic E-state index is -4.95. The number of hydrogen-bond donors (Lipinski definition) is 3. The van der Waals surface area contributed by atoms with Crippen molar-refractivity contribution in [2.45, 2.75) is 400 Å². The van der Waals surface area contributed by atoms with E-state index in [0.717, 1.165) is 102 Å². The second kappa shape index (κ2) is 66.0. The van der Waals surface area contributed by atoms with Crippen LogP contribution >= 0.6 is 15.6 Å². The molecule has 0 aromatic carbocycles. The summed E-state index contributed by atoms with van der Waals surface area (Å²) in [6, 6.07) is 0. The van der Waals surface area contributed by atoms with Crippen molar-refractivity contribution in [3.8, 4) is 0 Å². The van der Waals surface area contributed by atoms with Crippen molar-refractivity contribution >= 4 is 39.5 Å². The van der Waals surface area contributed by atoms with E-state index in [1.165, 1.54) is 199 Å². The lowest BCUT2D eigenvalue weighted by Crippen LogP contribution is -2.30. The van der Waals surface area contributed by atoms with Gasteiger partial charge in [0.1, 0.15) is 19.3 Å². The van der Waals surface area contributed by atoms with E-state index in [1.54, 1.807) is 0 Å². The molecule has 0 aliphatic heterocycles.